The van der Waals surface area contributed by atoms with E-state index < -0.39 is 0 Å². The molecule has 0 aliphatic heterocycles. The maximum atomic E-state index is 5.99. The van der Waals surface area contributed by atoms with Crippen molar-refractivity contribution in [3.63, 3.8) is 0 Å². The van der Waals surface area contributed by atoms with Crippen LogP contribution in [-0.4, -0.2) is 6.61 Å². The first-order chi connectivity index (χ1) is 12.7. The van der Waals surface area contributed by atoms with Gasteiger partial charge in [0, 0.05) is 18.0 Å². The normalized spacial score (nSPS) is 10.3. The Labute approximate surface area is 171 Å². The summed E-state index contributed by atoms with van der Waals surface area (Å²) in [4.78, 5) is 1.34. The minimum atomic E-state index is 0. The lowest BCUT2D eigenvalue weighted by molar-refractivity contribution is 0.269. The second-order valence-electron chi connectivity index (χ2n) is 6.17. The second kappa shape index (κ2) is 11.0. The standard InChI is InChI=1S/C22H25NO2S.ClH/c1-3-24-22-13-19(14-23-15-20-5-4-12-26-20)10-11-21(22)25-16-18-8-6-17(2)7-9-18;/h4-13,23H,3,14-16H2,1-2H3;1H. The summed E-state index contributed by atoms with van der Waals surface area (Å²) in [6.45, 7) is 6.92. The fourth-order valence-corrected chi connectivity index (χ4v) is 3.31. The van der Waals surface area contributed by atoms with Crippen LogP contribution in [0.15, 0.2) is 60.0 Å². The van der Waals surface area contributed by atoms with Gasteiger partial charge < -0.3 is 14.8 Å². The van der Waals surface area contributed by atoms with Crippen molar-refractivity contribution in [2.24, 2.45) is 0 Å². The number of ether oxygens (including phenoxy) is 2. The molecule has 0 aliphatic carbocycles. The van der Waals surface area contributed by atoms with Crippen LogP contribution in [-0.2, 0) is 19.7 Å². The van der Waals surface area contributed by atoms with E-state index in [1.807, 2.05) is 13.0 Å². The fraction of sp³-hybridized carbons (Fsp3) is 0.273. The van der Waals surface area contributed by atoms with Gasteiger partial charge in [0.1, 0.15) is 6.61 Å². The molecule has 3 aromatic rings. The van der Waals surface area contributed by atoms with Gasteiger partial charge in [-0.05, 0) is 48.6 Å². The SMILES string of the molecule is CCOc1cc(CNCc2cccs2)ccc1OCc1ccc(C)cc1.Cl. The zero-order valence-corrected chi connectivity index (χ0v) is 17.4. The number of aryl methyl sites for hydroxylation is 1. The molecule has 27 heavy (non-hydrogen) atoms. The zero-order valence-electron chi connectivity index (χ0n) is 15.7. The lowest BCUT2D eigenvalue weighted by Crippen LogP contribution is -2.12. The minimum absolute atomic E-state index is 0. The van der Waals surface area contributed by atoms with Gasteiger partial charge in [-0.15, -0.1) is 23.7 Å². The summed E-state index contributed by atoms with van der Waals surface area (Å²) in [5.74, 6) is 1.59. The van der Waals surface area contributed by atoms with E-state index in [1.165, 1.54) is 16.0 Å². The molecule has 0 spiro atoms. The van der Waals surface area contributed by atoms with Crippen molar-refractivity contribution in [3.8, 4) is 11.5 Å². The van der Waals surface area contributed by atoms with E-state index in [9.17, 15) is 0 Å². The smallest absolute Gasteiger partial charge is 0.161 e. The van der Waals surface area contributed by atoms with Crippen molar-refractivity contribution in [3.05, 3.63) is 81.5 Å². The molecule has 0 aliphatic rings. The predicted molar refractivity (Wildman–Crippen MR) is 115 cm³/mol. The van der Waals surface area contributed by atoms with Gasteiger partial charge in [-0.25, -0.2) is 0 Å². The van der Waals surface area contributed by atoms with Crippen LogP contribution in [0.4, 0.5) is 0 Å². The first-order valence-corrected chi connectivity index (χ1v) is 9.79. The largest absolute Gasteiger partial charge is 0.490 e. The summed E-state index contributed by atoms with van der Waals surface area (Å²) in [6.07, 6.45) is 0. The fourth-order valence-electron chi connectivity index (χ4n) is 2.64. The van der Waals surface area contributed by atoms with E-state index in [2.05, 4.69) is 66.2 Å². The van der Waals surface area contributed by atoms with Gasteiger partial charge in [-0.3, -0.25) is 0 Å². The molecule has 2 aromatic carbocycles. The van der Waals surface area contributed by atoms with Crippen molar-refractivity contribution >= 4 is 23.7 Å². The molecule has 0 fully saturated rings. The second-order valence-corrected chi connectivity index (χ2v) is 7.20. The number of hydrogen-bond donors (Lipinski definition) is 1. The van der Waals surface area contributed by atoms with Crippen LogP contribution in [0.3, 0.4) is 0 Å². The van der Waals surface area contributed by atoms with Crippen LogP contribution in [0.1, 0.15) is 28.5 Å². The highest BCUT2D eigenvalue weighted by Gasteiger charge is 2.07. The molecule has 1 heterocycles. The van der Waals surface area contributed by atoms with Crippen LogP contribution in [0, 0.1) is 6.92 Å². The van der Waals surface area contributed by atoms with Crippen LogP contribution in [0.25, 0.3) is 0 Å². The molecule has 0 amide bonds. The third-order valence-electron chi connectivity index (χ3n) is 4.03. The third-order valence-corrected chi connectivity index (χ3v) is 4.91. The van der Waals surface area contributed by atoms with Crippen LogP contribution < -0.4 is 14.8 Å². The molecule has 5 heteroatoms. The van der Waals surface area contributed by atoms with Crippen molar-refractivity contribution < 1.29 is 9.47 Å². The van der Waals surface area contributed by atoms with Crippen molar-refractivity contribution in [1.82, 2.24) is 5.32 Å². The maximum absolute atomic E-state index is 5.99. The first kappa shape index (κ1) is 21.3. The minimum Gasteiger partial charge on any atom is -0.490 e. The molecule has 0 bridgehead atoms. The maximum Gasteiger partial charge on any atom is 0.161 e. The summed E-state index contributed by atoms with van der Waals surface area (Å²) in [6, 6.07) is 18.8. The highest BCUT2D eigenvalue weighted by atomic mass is 35.5. The van der Waals surface area contributed by atoms with Gasteiger partial charge in [0.05, 0.1) is 6.61 Å². The average molecular weight is 404 g/mol. The monoisotopic (exact) mass is 403 g/mol. The number of thiophene rings is 1. The van der Waals surface area contributed by atoms with Gasteiger partial charge in [0.15, 0.2) is 11.5 Å². The Balaban J connectivity index is 0.00000261. The van der Waals surface area contributed by atoms with Crippen molar-refractivity contribution in [2.75, 3.05) is 6.61 Å². The van der Waals surface area contributed by atoms with Crippen LogP contribution in [0.2, 0.25) is 0 Å². The number of hydrogen-bond acceptors (Lipinski definition) is 4. The Kier molecular flexibility index (Phi) is 8.65. The summed E-state index contributed by atoms with van der Waals surface area (Å²) in [5.41, 5.74) is 3.59. The Hall–Kier alpha value is -2.01. The Morgan fingerprint density at radius 3 is 2.37 bits per heavy atom. The van der Waals surface area contributed by atoms with Gasteiger partial charge in [-0.2, -0.15) is 0 Å². The van der Waals surface area contributed by atoms with Crippen molar-refractivity contribution in [1.29, 1.82) is 0 Å². The summed E-state index contributed by atoms with van der Waals surface area (Å²) >= 11 is 1.77. The van der Waals surface area contributed by atoms with Crippen LogP contribution >= 0.6 is 23.7 Å². The first-order valence-electron chi connectivity index (χ1n) is 8.92. The molecule has 0 unspecified atom stereocenters. The molecule has 0 saturated heterocycles. The molecular weight excluding hydrogens is 378 g/mol. The molecule has 3 rings (SSSR count). The van der Waals surface area contributed by atoms with Gasteiger partial charge in [-0.1, -0.05) is 42.0 Å². The topological polar surface area (TPSA) is 30.5 Å². The molecule has 1 aromatic heterocycles. The molecule has 1 N–H and O–H groups in total. The average Bonchev–Trinajstić information content (AvgIpc) is 3.16. The molecule has 0 radical (unpaired) electrons. The van der Waals surface area contributed by atoms with E-state index in [0.29, 0.717) is 13.2 Å². The number of halogens is 1. The zero-order chi connectivity index (χ0) is 18.2. The lowest BCUT2D eigenvalue weighted by Gasteiger charge is -2.14. The molecule has 144 valence electrons. The number of nitrogens with one attached hydrogen (secondary N) is 1. The van der Waals surface area contributed by atoms with E-state index in [0.717, 1.165) is 30.2 Å². The Morgan fingerprint density at radius 1 is 0.889 bits per heavy atom. The van der Waals surface area contributed by atoms with Gasteiger partial charge >= 0.3 is 0 Å². The highest BCUT2D eigenvalue weighted by Crippen LogP contribution is 2.29. The highest BCUT2D eigenvalue weighted by molar-refractivity contribution is 7.09. The summed E-state index contributed by atoms with van der Waals surface area (Å²) in [7, 11) is 0. The summed E-state index contributed by atoms with van der Waals surface area (Å²) in [5, 5.41) is 5.57. The lowest BCUT2D eigenvalue weighted by atomic mass is 10.1. The Bertz CT molecular complexity index is 804. The van der Waals surface area contributed by atoms with E-state index >= 15 is 0 Å². The molecule has 3 nitrogen and oxygen atoms in total. The Morgan fingerprint density at radius 2 is 1.67 bits per heavy atom. The quantitative estimate of drug-likeness (QED) is 0.493. The van der Waals surface area contributed by atoms with Crippen molar-refractivity contribution in [2.45, 2.75) is 33.5 Å². The number of benzene rings is 2. The van der Waals surface area contributed by atoms with Gasteiger partial charge in [0.2, 0.25) is 0 Å². The molecule has 0 saturated carbocycles. The van der Waals surface area contributed by atoms with E-state index in [4.69, 9.17) is 9.47 Å². The van der Waals surface area contributed by atoms with Gasteiger partial charge in [0.25, 0.3) is 0 Å². The number of rotatable bonds is 9. The molecule has 0 atom stereocenters. The predicted octanol–water partition coefficient (Wildman–Crippen LogP) is 5.75. The van der Waals surface area contributed by atoms with E-state index in [1.54, 1.807) is 11.3 Å². The van der Waals surface area contributed by atoms with Crippen LogP contribution in [0.5, 0.6) is 11.5 Å². The third kappa shape index (κ3) is 6.58. The van der Waals surface area contributed by atoms with E-state index in [-0.39, 0.29) is 12.4 Å². The summed E-state index contributed by atoms with van der Waals surface area (Å²) < 4.78 is 11.8. The molecular formula is C22H26ClNO2S.